The van der Waals surface area contributed by atoms with Gasteiger partial charge in [0.15, 0.2) is 0 Å². The zero-order valence-corrected chi connectivity index (χ0v) is 8.96. The molecule has 0 aliphatic rings. The average Bonchev–Trinajstić information content (AvgIpc) is 2.33. The second-order valence-corrected chi connectivity index (χ2v) is 3.78. The summed E-state index contributed by atoms with van der Waals surface area (Å²) in [7, 11) is 1.90. The molecular formula is C10H19N3. The van der Waals surface area contributed by atoms with Crippen molar-refractivity contribution in [2.45, 2.75) is 39.5 Å². The first-order chi connectivity index (χ1) is 6.07. The normalized spacial score (nSPS) is 11.2. The van der Waals surface area contributed by atoms with Gasteiger partial charge in [0, 0.05) is 12.6 Å². The van der Waals surface area contributed by atoms with Crippen LogP contribution in [0.2, 0.25) is 0 Å². The molecule has 0 aliphatic carbocycles. The van der Waals surface area contributed by atoms with E-state index < -0.39 is 0 Å². The van der Waals surface area contributed by atoms with Gasteiger partial charge in [-0.15, -0.1) is 0 Å². The number of rotatable bonds is 3. The molecule has 13 heavy (non-hydrogen) atoms. The third-order valence-electron chi connectivity index (χ3n) is 2.27. The van der Waals surface area contributed by atoms with Gasteiger partial charge in [-0.1, -0.05) is 27.2 Å². The zero-order chi connectivity index (χ0) is 10.0. The van der Waals surface area contributed by atoms with Crippen molar-refractivity contribution in [2.24, 2.45) is 7.05 Å². The van der Waals surface area contributed by atoms with Gasteiger partial charge in [-0.3, -0.25) is 4.68 Å². The minimum absolute atomic E-state index is 0.463. The van der Waals surface area contributed by atoms with Crippen LogP contribution in [-0.2, 0) is 13.5 Å². The first kappa shape index (κ1) is 10.1. The van der Waals surface area contributed by atoms with Crippen molar-refractivity contribution in [1.29, 1.82) is 0 Å². The summed E-state index contributed by atoms with van der Waals surface area (Å²) in [5, 5.41) is 4.42. The van der Waals surface area contributed by atoms with Crippen LogP contribution in [0.1, 0.15) is 44.4 Å². The summed E-state index contributed by atoms with van der Waals surface area (Å²) in [6, 6.07) is 0. The molecule has 0 amide bonds. The number of nitrogens with two attached hydrogens (primary N) is 1. The number of hydrogen-bond acceptors (Lipinski definition) is 2. The first-order valence-corrected chi connectivity index (χ1v) is 4.89. The number of aryl methyl sites for hydroxylation is 1. The van der Waals surface area contributed by atoms with Gasteiger partial charge < -0.3 is 5.73 Å². The van der Waals surface area contributed by atoms with E-state index in [1.54, 1.807) is 4.68 Å². The fourth-order valence-corrected chi connectivity index (χ4v) is 1.57. The number of hydrogen-bond donors (Lipinski definition) is 1. The highest BCUT2D eigenvalue weighted by atomic mass is 15.3. The van der Waals surface area contributed by atoms with Crippen LogP contribution in [-0.4, -0.2) is 9.78 Å². The summed E-state index contributed by atoms with van der Waals surface area (Å²) in [6.45, 7) is 6.47. The van der Waals surface area contributed by atoms with Gasteiger partial charge in [0.05, 0.1) is 5.69 Å². The highest BCUT2D eigenvalue weighted by Crippen LogP contribution is 2.24. The van der Waals surface area contributed by atoms with Gasteiger partial charge in [0.1, 0.15) is 5.82 Å². The first-order valence-electron chi connectivity index (χ1n) is 4.89. The molecule has 1 aromatic rings. The Morgan fingerprint density at radius 2 is 2.08 bits per heavy atom. The molecule has 0 atom stereocenters. The molecule has 2 N–H and O–H groups in total. The molecule has 0 aliphatic heterocycles. The van der Waals surface area contributed by atoms with Crippen LogP contribution in [0.3, 0.4) is 0 Å². The van der Waals surface area contributed by atoms with Gasteiger partial charge in [-0.25, -0.2) is 0 Å². The molecule has 0 bridgehead atoms. The maximum absolute atomic E-state index is 5.93. The highest BCUT2D eigenvalue weighted by Gasteiger charge is 2.14. The van der Waals surface area contributed by atoms with Gasteiger partial charge >= 0.3 is 0 Å². The largest absolute Gasteiger partial charge is 0.384 e. The fourth-order valence-electron chi connectivity index (χ4n) is 1.57. The summed E-state index contributed by atoms with van der Waals surface area (Å²) >= 11 is 0. The molecule has 3 nitrogen and oxygen atoms in total. The van der Waals surface area contributed by atoms with Crippen molar-refractivity contribution in [1.82, 2.24) is 9.78 Å². The molecule has 3 heteroatoms. The van der Waals surface area contributed by atoms with Crippen LogP contribution in [0.4, 0.5) is 5.82 Å². The smallest absolute Gasteiger partial charge is 0.124 e. The van der Waals surface area contributed by atoms with Crippen molar-refractivity contribution in [3.63, 3.8) is 0 Å². The standard InChI is InChI=1S/C10H19N3/c1-5-6-8-9(7(2)3)12-13(4)10(8)11/h7H,5-6,11H2,1-4H3. The molecule has 74 valence electrons. The van der Waals surface area contributed by atoms with Gasteiger partial charge in [0.2, 0.25) is 0 Å². The third-order valence-corrected chi connectivity index (χ3v) is 2.27. The number of anilines is 1. The van der Waals surface area contributed by atoms with Crippen LogP contribution in [0.5, 0.6) is 0 Å². The van der Waals surface area contributed by atoms with Crippen molar-refractivity contribution in [2.75, 3.05) is 5.73 Å². The van der Waals surface area contributed by atoms with Crippen LogP contribution in [0, 0.1) is 0 Å². The van der Waals surface area contributed by atoms with E-state index in [0.717, 1.165) is 24.4 Å². The molecule has 0 spiro atoms. The van der Waals surface area contributed by atoms with Gasteiger partial charge in [-0.05, 0) is 12.3 Å². The lowest BCUT2D eigenvalue weighted by Gasteiger charge is -2.03. The highest BCUT2D eigenvalue weighted by molar-refractivity contribution is 5.44. The minimum atomic E-state index is 0.463. The van der Waals surface area contributed by atoms with E-state index in [1.165, 1.54) is 5.56 Å². The summed E-state index contributed by atoms with van der Waals surface area (Å²) in [5.41, 5.74) is 8.32. The van der Waals surface area contributed by atoms with E-state index in [1.807, 2.05) is 7.05 Å². The predicted octanol–water partition coefficient (Wildman–Crippen LogP) is 2.08. The van der Waals surface area contributed by atoms with Crippen LogP contribution in [0.25, 0.3) is 0 Å². The second-order valence-electron chi connectivity index (χ2n) is 3.78. The predicted molar refractivity (Wildman–Crippen MR) is 55.7 cm³/mol. The molecule has 0 aromatic carbocycles. The summed E-state index contributed by atoms with van der Waals surface area (Å²) in [6.07, 6.45) is 2.16. The molecule has 0 saturated heterocycles. The van der Waals surface area contributed by atoms with E-state index in [0.29, 0.717) is 5.92 Å². The van der Waals surface area contributed by atoms with Crippen molar-refractivity contribution in [3.8, 4) is 0 Å². The van der Waals surface area contributed by atoms with E-state index in [9.17, 15) is 0 Å². The fraction of sp³-hybridized carbons (Fsp3) is 0.700. The SMILES string of the molecule is CCCc1c(C(C)C)nn(C)c1N. The summed E-state index contributed by atoms with van der Waals surface area (Å²) in [4.78, 5) is 0. The average molecular weight is 181 g/mol. The lowest BCUT2D eigenvalue weighted by atomic mass is 10.0. The number of aromatic nitrogens is 2. The van der Waals surface area contributed by atoms with E-state index in [-0.39, 0.29) is 0 Å². The maximum Gasteiger partial charge on any atom is 0.124 e. The Morgan fingerprint density at radius 1 is 1.46 bits per heavy atom. The Labute approximate surface area is 79.9 Å². The Bertz CT molecular complexity index is 287. The number of nitrogen functional groups attached to an aromatic ring is 1. The van der Waals surface area contributed by atoms with Crippen molar-refractivity contribution in [3.05, 3.63) is 11.3 Å². The molecule has 1 heterocycles. The van der Waals surface area contributed by atoms with Crippen molar-refractivity contribution < 1.29 is 0 Å². The minimum Gasteiger partial charge on any atom is -0.384 e. The maximum atomic E-state index is 5.93. The Hall–Kier alpha value is -0.990. The van der Waals surface area contributed by atoms with Gasteiger partial charge in [-0.2, -0.15) is 5.10 Å². The molecule has 0 unspecified atom stereocenters. The third kappa shape index (κ3) is 1.85. The molecule has 0 fully saturated rings. The molecule has 1 rings (SSSR count). The monoisotopic (exact) mass is 181 g/mol. The van der Waals surface area contributed by atoms with Crippen LogP contribution >= 0.6 is 0 Å². The topological polar surface area (TPSA) is 43.8 Å². The van der Waals surface area contributed by atoms with Crippen LogP contribution in [0.15, 0.2) is 0 Å². The lowest BCUT2D eigenvalue weighted by molar-refractivity contribution is 0.716. The summed E-state index contributed by atoms with van der Waals surface area (Å²) in [5.74, 6) is 1.29. The zero-order valence-electron chi connectivity index (χ0n) is 8.96. The molecule has 1 aromatic heterocycles. The van der Waals surface area contributed by atoms with E-state index in [2.05, 4.69) is 25.9 Å². The summed E-state index contributed by atoms with van der Waals surface area (Å²) < 4.78 is 1.78. The molecular weight excluding hydrogens is 162 g/mol. The number of nitrogens with zero attached hydrogens (tertiary/aromatic N) is 2. The van der Waals surface area contributed by atoms with Crippen LogP contribution < -0.4 is 5.73 Å². The second kappa shape index (κ2) is 3.81. The Kier molecular flexibility index (Phi) is 2.96. The molecule has 0 radical (unpaired) electrons. The van der Waals surface area contributed by atoms with Gasteiger partial charge in [0.25, 0.3) is 0 Å². The van der Waals surface area contributed by atoms with Crippen molar-refractivity contribution >= 4 is 5.82 Å². The Balaban J connectivity index is 3.11. The quantitative estimate of drug-likeness (QED) is 0.775. The Morgan fingerprint density at radius 3 is 2.54 bits per heavy atom. The molecule has 0 saturated carbocycles. The lowest BCUT2D eigenvalue weighted by Crippen LogP contribution is -1.99. The van der Waals surface area contributed by atoms with E-state index in [4.69, 9.17) is 5.73 Å². The van der Waals surface area contributed by atoms with E-state index >= 15 is 0 Å².